The molecule has 2 heterocycles. The molecule has 1 fully saturated rings. The van der Waals surface area contributed by atoms with Crippen LogP contribution in [0, 0.1) is 0 Å². The molecule has 0 amide bonds. The number of hydrogen-bond donors (Lipinski definition) is 1. The normalized spacial score (nSPS) is 15.3. The Kier molecular flexibility index (Phi) is 5.43. The van der Waals surface area contributed by atoms with Gasteiger partial charge in [-0.05, 0) is 24.2 Å². The number of nitrogens with one attached hydrogen (secondary N) is 1. The van der Waals surface area contributed by atoms with Crippen LogP contribution < -0.4 is 15.0 Å². The molecule has 3 rings (SSSR count). The summed E-state index contributed by atoms with van der Waals surface area (Å²) in [5.41, 5.74) is 1.16. The van der Waals surface area contributed by atoms with Gasteiger partial charge in [-0.2, -0.15) is 10.1 Å². The number of anilines is 2. The van der Waals surface area contributed by atoms with Gasteiger partial charge in [0, 0.05) is 32.7 Å². The lowest BCUT2D eigenvalue weighted by molar-refractivity contribution is 0.269. The fraction of sp³-hybridized carbons (Fsp3) is 0.471. The van der Waals surface area contributed by atoms with E-state index < -0.39 is 0 Å². The largest absolute Gasteiger partial charge is 0.497 e. The Morgan fingerprint density at radius 3 is 2.54 bits per heavy atom. The summed E-state index contributed by atoms with van der Waals surface area (Å²) in [7, 11) is 1.67. The van der Waals surface area contributed by atoms with Crippen LogP contribution in [0.3, 0.4) is 0 Å². The fourth-order valence-corrected chi connectivity index (χ4v) is 2.71. The molecule has 1 aromatic carbocycles. The predicted octanol–water partition coefficient (Wildman–Crippen LogP) is 1.63. The van der Waals surface area contributed by atoms with Crippen LogP contribution in [0.25, 0.3) is 0 Å². The van der Waals surface area contributed by atoms with Crippen molar-refractivity contribution in [1.29, 1.82) is 0 Å². The van der Waals surface area contributed by atoms with Gasteiger partial charge in [0.1, 0.15) is 5.75 Å². The molecule has 0 radical (unpaired) electrons. The Balaban J connectivity index is 1.58. The minimum atomic E-state index is 0.686. The van der Waals surface area contributed by atoms with E-state index in [1.807, 2.05) is 24.3 Å². The molecule has 1 aromatic heterocycles. The zero-order valence-corrected chi connectivity index (χ0v) is 14.3. The van der Waals surface area contributed by atoms with E-state index in [2.05, 4.69) is 37.2 Å². The first kappa shape index (κ1) is 16.4. The average molecular weight is 328 g/mol. The van der Waals surface area contributed by atoms with Crippen LogP contribution in [0.4, 0.5) is 11.8 Å². The molecule has 1 N–H and O–H groups in total. The quantitative estimate of drug-likeness (QED) is 0.864. The number of likely N-dealkylation sites (N-methyl/N-ethyl adjacent to an activating group) is 1. The van der Waals surface area contributed by atoms with E-state index in [9.17, 15) is 0 Å². The molecule has 2 aromatic rings. The highest BCUT2D eigenvalue weighted by Gasteiger charge is 2.18. The highest BCUT2D eigenvalue weighted by Crippen LogP contribution is 2.14. The summed E-state index contributed by atoms with van der Waals surface area (Å²) in [6, 6.07) is 7.97. The monoisotopic (exact) mass is 328 g/mol. The molecule has 1 saturated heterocycles. The third kappa shape index (κ3) is 4.11. The maximum atomic E-state index is 5.17. The van der Waals surface area contributed by atoms with Crippen molar-refractivity contribution in [3.05, 3.63) is 36.0 Å². The first-order valence-corrected chi connectivity index (χ1v) is 8.32. The average Bonchev–Trinajstić information content (AvgIpc) is 2.67. The standard InChI is InChI=1S/C17H24N6O/c1-3-22-8-10-23(11-9-22)17-20-16(13-19-21-17)18-12-14-4-6-15(24-2)7-5-14/h4-7,13H,3,8-12H2,1-2H3,(H,18,20,21). The summed E-state index contributed by atoms with van der Waals surface area (Å²) >= 11 is 0. The summed E-state index contributed by atoms with van der Waals surface area (Å²) in [6.07, 6.45) is 1.66. The molecule has 24 heavy (non-hydrogen) atoms. The number of benzene rings is 1. The fourth-order valence-electron chi connectivity index (χ4n) is 2.71. The van der Waals surface area contributed by atoms with E-state index in [1.165, 1.54) is 0 Å². The van der Waals surface area contributed by atoms with Crippen molar-refractivity contribution in [1.82, 2.24) is 20.1 Å². The van der Waals surface area contributed by atoms with Crippen LogP contribution >= 0.6 is 0 Å². The zero-order valence-electron chi connectivity index (χ0n) is 14.3. The van der Waals surface area contributed by atoms with Gasteiger partial charge >= 0.3 is 0 Å². The second kappa shape index (κ2) is 7.92. The van der Waals surface area contributed by atoms with Crippen molar-refractivity contribution < 1.29 is 4.74 Å². The second-order valence-electron chi connectivity index (χ2n) is 5.76. The number of rotatable bonds is 6. The number of hydrogen-bond acceptors (Lipinski definition) is 7. The van der Waals surface area contributed by atoms with E-state index >= 15 is 0 Å². The van der Waals surface area contributed by atoms with Gasteiger partial charge in [-0.15, -0.1) is 5.10 Å². The van der Waals surface area contributed by atoms with Crippen LogP contribution in [0.5, 0.6) is 5.75 Å². The minimum Gasteiger partial charge on any atom is -0.497 e. The van der Waals surface area contributed by atoms with E-state index in [4.69, 9.17) is 4.74 Å². The van der Waals surface area contributed by atoms with Crippen LogP contribution in [-0.4, -0.2) is 59.9 Å². The zero-order chi connectivity index (χ0) is 16.8. The van der Waals surface area contributed by atoms with Crippen LogP contribution in [0.2, 0.25) is 0 Å². The Hall–Kier alpha value is -2.41. The summed E-state index contributed by atoms with van der Waals surface area (Å²) in [6.45, 7) is 7.95. The van der Waals surface area contributed by atoms with Crippen molar-refractivity contribution in [3.63, 3.8) is 0 Å². The lowest BCUT2D eigenvalue weighted by Crippen LogP contribution is -2.46. The molecular weight excluding hydrogens is 304 g/mol. The first-order valence-electron chi connectivity index (χ1n) is 8.32. The lowest BCUT2D eigenvalue weighted by atomic mass is 10.2. The maximum Gasteiger partial charge on any atom is 0.247 e. The molecule has 0 unspecified atom stereocenters. The molecule has 0 aliphatic carbocycles. The minimum absolute atomic E-state index is 0.686. The van der Waals surface area contributed by atoms with Crippen molar-refractivity contribution in [2.24, 2.45) is 0 Å². The topological polar surface area (TPSA) is 66.4 Å². The van der Waals surface area contributed by atoms with Gasteiger partial charge < -0.3 is 19.9 Å². The molecule has 1 aliphatic heterocycles. The lowest BCUT2D eigenvalue weighted by Gasteiger charge is -2.33. The van der Waals surface area contributed by atoms with Crippen molar-refractivity contribution in [2.75, 3.05) is 50.1 Å². The molecule has 0 bridgehead atoms. The summed E-state index contributed by atoms with van der Waals surface area (Å²) in [5, 5.41) is 11.6. The number of ether oxygens (including phenoxy) is 1. The van der Waals surface area contributed by atoms with E-state index in [-0.39, 0.29) is 0 Å². The highest BCUT2D eigenvalue weighted by molar-refractivity contribution is 5.40. The van der Waals surface area contributed by atoms with Crippen molar-refractivity contribution in [3.8, 4) is 5.75 Å². The Morgan fingerprint density at radius 1 is 1.12 bits per heavy atom. The third-order valence-electron chi connectivity index (χ3n) is 4.28. The Morgan fingerprint density at radius 2 is 1.88 bits per heavy atom. The molecule has 7 nitrogen and oxygen atoms in total. The van der Waals surface area contributed by atoms with Gasteiger partial charge in [-0.1, -0.05) is 19.1 Å². The molecule has 128 valence electrons. The number of methoxy groups -OCH3 is 1. The molecule has 0 spiro atoms. The Bertz CT molecular complexity index is 640. The molecule has 7 heteroatoms. The molecule has 0 atom stereocenters. The summed E-state index contributed by atoms with van der Waals surface area (Å²) < 4.78 is 5.17. The van der Waals surface area contributed by atoms with Gasteiger partial charge in [0.2, 0.25) is 5.95 Å². The number of aromatic nitrogens is 3. The number of nitrogens with zero attached hydrogens (tertiary/aromatic N) is 5. The van der Waals surface area contributed by atoms with Gasteiger partial charge in [-0.3, -0.25) is 0 Å². The molecular formula is C17H24N6O. The highest BCUT2D eigenvalue weighted by atomic mass is 16.5. The van der Waals surface area contributed by atoms with E-state index in [1.54, 1.807) is 13.3 Å². The maximum absolute atomic E-state index is 5.17. The smallest absolute Gasteiger partial charge is 0.247 e. The second-order valence-corrected chi connectivity index (χ2v) is 5.76. The van der Waals surface area contributed by atoms with E-state index in [0.29, 0.717) is 12.5 Å². The van der Waals surface area contributed by atoms with E-state index in [0.717, 1.165) is 49.9 Å². The van der Waals surface area contributed by atoms with Crippen LogP contribution in [0.15, 0.2) is 30.5 Å². The SMILES string of the molecule is CCN1CCN(c2nncc(NCc3ccc(OC)cc3)n2)CC1. The Labute approximate surface area is 142 Å². The van der Waals surface area contributed by atoms with Crippen molar-refractivity contribution in [2.45, 2.75) is 13.5 Å². The van der Waals surface area contributed by atoms with Gasteiger partial charge in [-0.25, -0.2) is 0 Å². The predicted molar refractivity (Wildman–Crippen MR) is 94.5 cm³/mol. The van der Waals surface area contributed by atoms with Crippen LogP contribution in [0.1, 0.15) is 12.5 Å². The molecule has 1 aliphatic rings. The van der Waals surface area contributed by atoms with Gasteiger partial charge in [0.15, 0.2) is 5.82 Å². The summed E-state index contributed by atoms with van der Waals surface area (Å²) in [5.74, 6) is 2.30. The van der Waals surface area contributed by atoms with Crippen molar-refractivity contribution >= 4 is 11.8 Å². The third-order valence-corrected chi connectivity index (χ3v) is 4.28. The molecule has 0 saturated carbocycles. The van der Waals surface area contributed by atoms with Crippen LogP contribution in [-0.2, 0) is 6.54 Å². The first-order chi connectivity index (χ1) is 11.8. The van der Waals surface area contributed by atoms with Gasteiger partial charge in [0.25, 0.3) is 0 Å². The van der Waals surface area contributed by atoms with Gasteiger partial charge in [0.05, 0.1) is 13.3 Å². The summed E-state index contributed by atoms with van der Waals surface area (Å²) in [4.78, 5) is 9.21. The number of piperazine rings is 1.